The minimum absolute atomic E-state index is 0.104. The van der Waals surface area contributed by atoms with E-state index in [0.29, 0.717) is 31.6 Å². The van der Waals surface area contributed by atoms with Crippen LogP contribution in [0, 0.1) is 5.92 Å². The van der Waals surface area contributed by atoms with Crippen LogP contribution >= 0.6 is 15.6 Å². The number of hydrogen-bond acceptors (Lipinski definition) is 15. The summed E-state index contributed by atoms with van der Waals surface area (Å²) in [4.78, 5) is 72.6. The summed E-state index contributed by atoms with van der Waals surface area (Å²) in [6, 6.07) is 0. The van der Waals surface area contributed by atoms with Gasteiger partial charge in [0.05, 0.1) is 26.4 Å². The van der Waals surface area contributed by atoms with Crippen LogP contribution in [0.15, 0.2) is 0 Å². The molecular formula is C75H146O17P2. The summed E-state index contributed by atoms with van der Waals surface area (Å²) in [6.07, 6.45) is 57.2. The fourth-order valence-corrected chi connectivity index (χ4v) is 13.1. The van der Waals surface area contributed by atoms with E-state index in [-0.39, 0.29) is 25.7 Å². The molecule has 17 nitrogen and oxygen atoms in total. The van der Waals surface area contributed by atoms with Crippen LogP contribution in [0.4, 0.5) is 0 Å². The molecule has 0 amide bonds. The topological polar surface area (TPSA) is 237 Å². The zero-order valence-electron chi connectivity index (χ0n) is 61.1. The molecule has 0 aromatic rings. The second-order valence-electron chi connectivity index (χ2n) is 27.5. The second kappa shape index (κ2) is 68.2. The molecule has 558 valence electrons. The molecule has 5 atom stereocenters. The first-order valence-electron chi connectivity index (χ1n) is 39.1. The molecule has 0 fully saturated rings. The van der Waals surface area contributed by atoms with Crippen LogP contribution in [0.3, 0.4) is 0 Å². The number of ether oxygens (including phenoxy) is 4. The maximum Gasteiger partial charge on any atom is 0.472 e. The lowest BCUT2D eigenvalue weighted by atomic mass is 10.0. The van der Waals surface area contributed by atoms with Crippen molar-refractivity contribution in [1.29, 1.82) is 0 Å². The smallest absolute Gasteiger partial charge is 0.462 e. The highest BCUT2D eigenvalue weighted by atomic mass is 31.2. The summed E-state index contributed by atoms with van der Waals surface area (Å²) in [5, 5.41) is 10.6. The molecule has 0 aromatic heterocycles. The first-order chi connectivity index (χ1) is 45.5. The Morgan fingerprint density at radius 1 is 0.287 bits per heavy atom. The average molecular weight is 1380 g/mol. The normalized spacial score (nSPS) is 14.0. The maximum absolute atomic E-state index is 13.1. The van der Waals surface area contributed by atoms with E-state index in [4.69, 9.17) is 37.0 Å². The van der Waals surface area contributed by atoms with Gasteiger partial charge in [-0.05, 0) is 31.6 Å². The van der Waals surface area contributed by atoms with Crippen LogP contribution in [0.2, 0.25) is 0 Å². The number of hydrogen-bond donors (Lipinski definition) is 3. The fourth-order valence-electron chi connectivity index (χ4n) is 11.5. The molecule has 0 aliphatic carbocycles. The Bertz CT molecular complexity index is 1810. The van der Waals surface area contributed by atoms with Gasteiger partial charge in [-0.1, -0.05) is 343 Å². The van der Waals surface area contributed by atoms with E-state index in [9.17, 15) is 43.2 Å². The van der Waals surface area contributed by atoms with Crippen molar-refractivity contribution < 1.29 is 80.2 Å². The van der Waals surface area contributed by atoms with Gasteiger partial charge >= 0.3 is 39.5 Å². The predicted molar refractivity (Wildman–Crippen MR) is 382 cm³/mol. The van der Waals surface area contributed by atoms with Gasteiger partial charge in [0.2, 0.25) is 0 Å². The third kappa shape index (κ3) is 68.6. The van der Waals surface area contributed by atoms with Gasteiger partial charge in [-0.15, -0.1) is 0 Å². The number of aliphatic hydroxyl groups excluding tert-OH is 1. The van der Waals surface area contributed by atoms with Crippen molar-refractivity contribution in [1.82, 2.24) is 0 Å². The number of phosphoric ester groups is 2. The van der Waals surface area contributed by atoms with Crippen LogP contribution in [-0.4, -0.2) is 96.7 Å². The monoisotopic (exact) mass is 1380 g/mol. The SMILES string of the molecule is CCCCCCCCCCCCCCCCCCCCC(=O)OC[C@H](COP(=O)(O)OC[C@@H](O)COP(=O)(O)OC[C@@H](COC(=O)CCCCCCCCCC)OC(=O)CCCCCCCCCC(C)C)OC(=O)CCCCCCCCCCCCCCCCCCCC. The van der Waals surface area contributed by atoms with Crippen molar-refractivity contribution >= 4 is 39.5 Å². The first kappa shape index (κ1) is 92.1. The lowest BCUT2D eigenvalue weighted by molar-refractivity contribution is -0.161. The standard InChI is InChI=1S/C75H146O17P2/c1-6-9-12-15-18-21-23-25-27-29-31-33-35-37-39-44-49-54-59-73(78)86-65-70(91-74(79)60-55-50-45-40-38-36-34-32-30-28-26-24-22-19-16-13-10-7-2)66-89-93(81,82)87-62-69(76)63-88-94(83,84)90-67-71(64-85-72(77)58-53-48-43-20-17-14-11-8-3)92-75(80)61-56-51-46-41-42-47-52-57-68(4)5/h68-71,76H,6-67H2,1-5H3,(H,81,82)(H,83,84)/t69-,70-,71-/m1/s1. The number of aliphatic hydroxyl groups is 1. The molecule has 19 heteroatoms. The summed E-state index contributed by atoms with van der Waals surface area (Å²) >= 11 is 0. The molecule has 2 unspecified atom stereocenters. The zero-order valence-corrected chi connectivity index (χ0v) is 62.9. The van der Waals surface area contributed by atoms with Gasteiger partial charge in [-0.25, -0.2) is 9.13 Å². The molecule has 0 radical (unpaired) electrons. The van der Waals surface area contributed by atoms with E-state index >= 15 is 0 Å². The predicted octanol–water partition coefficient (Wildman–Crippen LogP) is 22.1. The van der Waals surface area contributed by atoms with E-state index < -0.39 is 97.5 Å². The molecule has 0 heterocycles. The number of carbonyl (C=O) groups is 4. The zero-order chi connectivity index (χ0) is 69.1. The number of esters is 4. The van der Waals surface area contributed by atoms with Crippen molar-refractivity contribution in [3.8, 4) is 0 Å². The first-order valence-corrected chi connectivity index (χ1v) is 42.1. The molecule has 0 bridgehead atoms. The highest BCUT2D eigenvalue weighted by molar-refractivity contribution is 7.47. The van der Waals surface area contributed by atoms with Gasteiger partial charge in [0, 0.05) is 25.7 Å². The van der Waals surface area contributed by atoms with Gasteiger partial charge in [0.15, 0.2) is 12.2 Å². The molecule has 94 heavy (non-hydrogen) atoms. The number of carbonyl (C=O) groups excluding carboxylic acids is 4. The molecular weight excluding hydrogens is 1230 g/mol. The molecule has 0 saturated heterocycles. The van der Waals surface area contributed by atoms with Crippen molar-refractivity contribution in [2.75, 3.05) is 39.6 Å². The Hall–Kier alpha value is -1.94. The Balaban J connectivity index is 5.18. The molecule has 0 aromatic carbocycles. The van der Waals surface area contributed by atoms with E-state index in [1.54, 1.807) is 0 Å². The minimum Gasteiger partial charge on any atom is -0.462 e. The van der Waals surface area contributed by atoms with E-state index in [1.807, 2.05) is 0 Å². The van der Waals surface area contributed by atoms with Crippen LogP contribution in [-0.2, 0) is 65.4 Å². The Morgan fingerprint density at radius 3 is 0.723 bits per heavy atom. The molecule has 0 spiro atoms. The Kier molecular flexibility index (Phi) is 66.8. The summed E-state index contributed by atoms with van der Waals surface area (Å²) in [5.41, 5.74) is 0. The van der Waals surface area contributed by atoms with Crippen LogP contribution in [0.5, 0.6) is 0 Å². The van der Waals surface area contributed by atoms with E-state index in [2.05, 4.69) is 34.6 Å². The van der Waals surface area contributed by atoms with Crippen LogP contribution < -0.4 is 0 Å². The van der Waals surface area contributed by atoms with Crippen molar-refractivity contribution in [3.63, 3.8) is 0 Å². The lowest BCUT2D eigenvalue weighted by Gasteiger charge is -2.21. The Labute approximate surface area is 575 Å². The van der Waals surface area contributed by atoms with Gasteiger partial charge in [0.1, 0.15) is 19.3 Å². The molecule has 0 aliphatic heterocycles. The summed E-state index contributed by atoms with van der Waals surface area (Å²) in [7, 11) is -9.90. The quantitative estimate of drug-likeness (QED) is 0.0222. The van der Waals surface area contributed by atoms with Gasteiger partial charge in [-0.3, -0.25) is 37.3 Å². The average Bonchev–Trinajstić information content (AvgIpc) is 3.37. The van der Waals surface area contributed by atoms with Crippen molar-refractivity contribution in [3.05, 3.63) is 0 Å². The van der Waals surface area contributed by atoms with E-state index in [1.165, 1.54) is 212 Å². The molecule has 0 aliphatic rings. The van der Waals surface area contributed by atoms with Crippen molar-refractivity contribution in [2.24, 2.45) is 5.92 Å². The molecule has 0 saturated carbocycles. The number of rotatable bonds is 75. The summed E-state index contributed by atoms with van der Waals surface area (Å²) in [5.74, 6) is -1.42. The fraction of sp³-hybridized carbons (Fsp3) is 0.947. The van der Waals surface area contributed by atoms with Gasteiger partial charge in [-0.2, -0.15) is 0 Å². The largest absolute Gasteiger partial charge is 0.472 e. The third-order valence-corrected chi connectivity index (χ3v) is 19.4. The van der Waals surface area contributed by atoms with Crippen LogP contribution in [0.1, 0.15) is 394 Å². The van der Waals surface area contributed by atoms with Crippen LogP contribution in [0.25, 0.3) is 0 Å². The lowest BCUT2D eigenvalue weighted by Crippen LogP contribution is -2.30. The molecule has 3 N–H and O–H groups in total. The van der Waals surface area contributed by atoms with Gasteiger partial charge in [0.25, 0.3) is 0 Å². The molecule has 0 rings (SSSR count). The van der Waals surface area contributed by atoms with E-state index in [0.717, 1.165) is 96.3 Å². The summed E-state index contributed by atoms with van der Waals surface area (Å²) < 4.78 is 68.4. The summed E-state index contributed by atoms with van der Waals surface area (Å²) in [6.45, 7) is 7.19. The highest BCUT2D eigenvalue weighted by Gasteiger charge is 2.30. The number of unbranched alkanes of at least 4 members (excludes halogenated alkanes) is 47. The Morgan fingerprint density at radius 2 is 0.489 bits per heavy atom. The number of phosphoric acid groups is 2. The maximum atomic E-state index is 13.1. The highest BCUT2D eigenvalue weighted by Crippen LogP contribution is 2.45. The van der Waals surface area contributed by atoms with Crippen molar-refractivity contribution in [2.45, 2.75) is 412 Å². The second-order valence-corrected chi connectivity index (χ2v) is 30.4. The van der Waals surface area contributed by atoms with Gasteiger partial charge < -0.3 is 33.8 Å². The third-order valence-electron chi connectivity index (χ3n) is 17.5. The minimum atomic E-state index is -4.96.